The van der Waals surface area contributed by atoms with Crippen molar-refractivity contribution in [2.75, 3.05) is 6.61 Å². The summed E-state index contributed by atoms with van der Waals surface area (Å²) in [5, 5.41) is 0.761. The minimum Gasteiger partial charge on any atom is -0.493 e. The second-order valence-corrected chi connectivity index (χ2v) is 3.81. The summed E-state index contributed by atoms with van der Waals surface area (Å²) in [5.41, 5.74) is 1.07. The first-order valence-corrected chi connectivity index (χ1v) is 5.42. The second-order valence-electron chi connectivity index (χ2n) is 3.41. The van der Waals surface area contributed by atoms with Crippen LogP contribution in [-0.4, -0.2) is 12.4 Å². The molecule has 0 saturated carbocycles. The number of aryl methyl sites for hydroxylation is 1. The molecule has 0 aliphatic rings. The van der Waals surface area contributed by atoms with E-state index in [2.05, 4.69) is 0 Å². The highest BCUT2D eigenvalue weighted by molar-refractivity contribution is 6.31. The van der Waals surface area contributed by atoms with Crippen LogP contribution >= 0.6 is 11.6 Å². The third-order valence-corrected chi connectivity index (χ3v) is 2.49. The fraction of sp³-hybridized carbons (Fsp3) is 0.417. The molecule has 0 aromatic heterocycles. The van der Waals surface area contributed by atoms with Gasteiger partial charge in [0.1, 0.15) is 11.5 Å². The maximum absolute atomic E-state index is 10.7. The summed E-state index contributed by atoms with van der Waals surface area (Å²) in [6, 6.07) is 5.56. The molecule has 0 aliphatic carbocycles. The molecule has 0 spiro atoms. The van der Waals surface area contributed by atoms with Gasteiger partial charge >= 0.3 is 0 Å². The Balaban J connectivity index is 2.58. The lowest BCUT2D eigenvalue weighted by Gasteiger charge is -2.07. The van der Waals surface area contributed by atoms with E-state index in [1.807, 2.05) is 25.1 Å². The van der Waals surface area contributed by atoms with Gasteiger partial charge in [0.2, 0.25) is 0 Å². The van der Waals surface area contributed by atoms with E-state index in [0.29, 0.717) is 13.0 Å². The van der Waals surface area contributed by atoms with Gasteiger partial charge in [0.25, 0.3) is 0 Å². The summed E-state index contributed by atoms with van der Waals surface area (Å²) < 4.78 is 5.43. The van der Waals surface area contributed by atoms with Gasteiger partial charge in [-0.25, -0.2) is 0 Å². The third-order valence-electron chi connectivity index (χ3n) is 2.12. The molecule has 3 heteroatoms. The van der Waals surface area contributed by atoms with E-state index < -0.39 is 0 Å². The standard InChI is InChI=1S/C12H15ClO2/c1-3-10-8-11(4-5-12(10)13)15-7-6-9(2)14/h4-5,8H,3,6-7H2,1-2H3. The van der Waals surface area contributed by atoms with Crippen LogP contribution in [0.15, 0.2) is 18.2 Å². The number of Topliss-reactive ketones (excluding diaryl/α,β-unsaturated/α-hetero) is 1. The Labute approximate surface area is 95.2 Å². The van der Waals surface area contributed by atoms with Crippen molar-refractivity contribution in [1.29, 1.82) is 0 Å². The SMILES string of the molecule is CCc1cc(OCCC(C)=O)ccc1Cl. The van der Waals surface area contributed by atoms with E-state index in [4.69, 9.17) is 16.3 Å². The van der Waals surface area contributed by atoms with Crippen LogP contribution < -0.4 is 4.74 Å². The van der Waals surface area contributed by atoms with E-state index in [0.717, 1.165) is 22.8 Å². The number of rotatable bonds is 5. The summed E-state index contributed by atoms with van der Waals surface area (Å²) >= 11 is 5.97. The molecule has 15 heavy (non-hydrogen) atoms. The highest BCUT2D eigenvalue weighted by Crippen LogP contribution is 2.22. The van der Waals surface area contributed by atoms with E-state index in [1.54, 1.807) is 6.92 Å². The summed E-state index contributed by atoms with van der Waals surface area (Å²) in [7, 11) is 0. The molecule has 0 unspecified atom stereocenters. The van der Waals surface area contributed by atoms with Crippen LogP contribution in [-0.2, 0) is 11.2 Å². The smallest absolute Gasteiger partial charge is 0.133 e. The molecule has 1 aromatic rings. The lowest BCUT2D eigenvalue weighted by molar-refractivity contribution is -0.117. The maximum atomic E-state index is 10.7. The van der Waals surface area contributed by atoms with Gasteiger partial charge in [0.05, 0.1) is 6.61 Å². The summed E-state index contributed by atoms with van der Waals surface area (Å²) in [4.78, 5) is 10.7. The van der Waals surface area contributed by atoms with Crippen LogP contribution in [0.2, 0.25) is 5.02 Å². The molecule has 0 saturated heterocycles. The van der Waals surface area contributed by atoms with Crippen molar-refractivity contribution in [3.05, 3.63) is 28.8 Å². The maximum Gasteiger partial charge on any atom is 0.133 e. The molecular formula is C12H15ClO2. The molecule has 0 radical (unpaired) electrons. The highest BCUT2D eigenvalue weighted by Gasteiger charge is 2.01. The largest absolute Gasteiger partial charge is 0.493 e. The Morgan fingerprint density at radius 3 is 2.80 bits per heavy atom. The molecule has 0 bridgehead atoms. The normalized spacial score (nSPS) is 10.1. The Kier molecular flexibility index (Phi) is 4.63. The van der Waals surface area contributed by atoms with E-state index in [9.17, 15) is 4.79 Å². The average Bonchev–Trinajstić information content (AvgIpc) is 2.20. The third kappa shape index (κ3) is 3.92. The zero-order chi connectivity index (χ0) is 11.3. The van der Waals surface area contributed by atoms with Crippen molar-refractivity contribution in [3.8, 4) is 5.75 Å². The molecule has 2 nitrogen and oxygen atoms in total. The van der Waals surface area contributed by atoms with Crippen LogP contribution in [0.1, 0.15) is 25.8 Å². The van der Waals surface area contributed by atoms with Gasteiger partial charge in [-0.05, 0) is 37.1 Å². The Morgan fingerprint density at radius 1 is 1.47 bits per heavy atom. The van der Waals surface area contributed by atoms with Crippen LogP contribution in [0.25, 0.3) is 0 Å². The molecule has 0 fully saturated rings. The van der Waals surface area contributed by atoms with Crippen molar-refractivity contribution in [2.45, 2.75) is 26.7 Å². The summed E-state index contributed by atoms with van der Waals surface area (Å²) in [5.74, 6) is 0.914. The fourth-order valence-corrected chi connectivity index (χ4v) is 1.48. The highest BCUT2D eigenvalue weighted by atomic mass is 35.5. The first-order chi connectivity index (χ1) is 7.13. The van der Waals surface area contributed by atoms with Crippen molar-refractivity contribution in [3.63, 3.8) is 0 Å². The van der Waals surface area contributed by atoms with Crippen LogP contribution in [0.4, 0.5) is 0 Å². The number of hydrogen-bond acceptors (Lipinski definition) is 2. The number of carbonyl (C=O) groups is 1. The predicted molar refractivity (Wildman–Crippen MR) is 61.6 cm³/mol. The molecule has 1 rings (SSSR count). The number of hydrogen-bond donors (Lipinski definition) is 0. The molecule has 1 aromatic carbocycles. The lowest BCUT2D eigenvalue weighted by Crippen LogP contribution is -2.02. The van der Waals surface area contributed by atoms with Gasteiger partial charge in [0, 0.05) is 11.4 Å². The number of ether oxygens (including phenoxy) is 1. The number of halogens is 1. The minimum atomic E-state index is 0.139. The molecule has 0 atom stereocenters. The quantitative estimate of drug-likeness (QED) is 0.771. The number of ketones is 1. The van der Waals surface area contributed by atoms with Gasteiger partial charge in [-0.15, -0.1) is 0 Å². The minimum absolute atomic E-state index is 0.139. The van der Waals surface area contributed by atoms with Crippen LogP contribution in [0.5, 0.6) is 5.75 Å². The van der Waals surface area contributed by atoms with E-state index in [-0.39, 0.29) is 5.78 Å². The Morgan fingerprint density at radius 2 is 2.20 bits per heavy atom. The Hall–Kier alpha value is -1.02. The van der Waals surface area contributed by atoms with Gasteiger partial charge in [-0.2, -0.15) is 0 Å². The lowest BCUT2D eigenvalue weighted by atomic mass is 10.1. The zero-order valence-corrected chi connectivity index (χ0v) is 9.80. The predicted octanol–water partition coefficient (Wildman–Crippen LogP) is 3.26. The van der Waals surface area contributed by atoms with Gasteiger partial charge in [-0.3, -0.25) is 4.79 Å². The van der Waals surface area contributed by atoms with Crippen molar-refractivity contribution >= 4 is 17.4 Å². The average molecular weight is 227 g/mol. The van der Waals surface area contributed by atoms with Crippen molar-refractivity contribution < 1.29 is 9.53 Å². The fourth-order valence-electron chi connectivity index (χ4n) is 1.22. The number of benzene rings is 1. The van der Waals surface area contributed by atoms with E-state index in [1.165, 1.54) is 0 Å². The summed E-state index contributed by atoms with van der Waals surface area (Å²) in [6.45, 7) is 4.03. The Bertz CT molecular complexity index is 347. The van der Waals surface area contributed by atoms with Crippen molar-refractivity contribution in [2.24, 2.45) is 0 Å². The van der Waals surface area contributed by atoms with Gasteiger partial charge < -0.3 is 4.74 Å². The van der Waals surface area contributed by atoms with Gasteiger partial charge in [0.15, 0.2) is 0 Å². The van der Waals surface area contributed by atoms with Gasteiger partial charge in [-0.1, -0.05) is 18.5 Å². The first-order valence-electron chi connectivity index (χ1n) is 5.04. The number of carbonyl (C=O) groups excluding carboxylic acids is 1. The molecule has 0 N–H and O–H groups in total. The molecule has 0 amide bonds. The van der Waals surface area contributed by atoms with Crippen molar-refractivity contribution in [1.82, 2.24) is 0 Å². The monoisotopic (exact) mass is 226 g/mol. The molecule has 82 valence electrons. The molecule has 0 aliphatic heterocycles. The summed E-state index contributed by atoms with van der Waals surface area (Å²) in [6.07, 6.45) is 1.33. The zero-order valence-electron chi connectivity index (χ0n) is 9.05. The van der Waals surface area contributed by atoms with E-state index >= 15 is 0 Å². The van der Waals surface area contributed by atoms with Crippen LogP contribution in [0, 0.1) is 0 Å². The second kappa shape index (κ2) is 5.76. The van der Waals surface area contributed by atoms with Crippen LogP contribution in [0.3, 0.4) is 0 Å². The molecule has 0 heterocycles. The topological polar surface area (TPSA) is 26.3 Å². The first kappa shape index (κ1) is 12.1. The molecular weight excluding hydrogens is 212 g/mol.